The van der Waals surface area contributed by atoms with Gasteiger partial charge < -0.3 is 10.2 Å². The molecule has 0 bridgehead atoms. The van der Waals surface area contributed by atoms with Gasteiger partial charge in [-0.1, -0.05) is 41.9 Å². The van der Waals surface area contributed by atoms with E-state index in [1.54, 1.807) is 4.90 Å². The van der Waals surface area contributed by atoms with E-state index in [0.717, 1.165) is 16.6 Å². The van der Waals surface area contributed by atoms with E-state index in [-0.39, 0.29) is 23.3 Å². The zero-order valence-corrected chi connectivity index (χ0v) is 13.6. The van der Waals surface area contributed by atoms with Gasteiger partial charge in [-0.3, -0.25) is 9.59 Å². The molecule has 1 saturated carbocycles. The molecule has 2 amide bonds. The third-order valence-corrected chi connectivity index (χ3v) is 6.03. The number of hydrogen-bond donors (Lipinski definition) is 1. The van der Waals surface area contributed by atoms with Crippen LogP contribution in [-0.2, 0) is 9.59 Å². The lowest BCUT2D eigenvalue weighted by Gasteiger charge is -2.38. The topological polar surface area (TPSA) is 49.4 Å². The summed E-state index contributed by atoms with van der Waals surface area (Å²) in [6, 6.07) is 6.76. The monoisotopic (exact) mass is 348 g/mol. The number of nitrogens with one attached hydrogen (secondary N) is 1. The Kier molecular flexibility index (Phi) is 2.60. The Balaban J connectivity index is 1.63. The van der Waals surface area contributed by atoms with Gasteiger partial charge in [-0.05, 0) is 34.9 Å². The highest BCUT2D eigenvalue weighted by Crippen LogP contribution is 2.65. The largest absolute Gasteiger partial charge is 0.339 e. The molecule has 0 spiro atoms. The number of fused-ring (bicyclic) bond motifs is 3. The van der Waals surface area contributed by atoms with Crippen LogP contribution in [0, 0.1) is 17.3 Å². The SMILES string of the molecule is CC1(C)[C@@H]2[C@@H]3C(=O)N[C@H](c4ccc(Br)cc4)C(=O)N3C[C@@H]21. The Labute approximate surface area is 132 Å². The molecule has 1 aromatic rings. The van der Waals surface area contributed by atoms with Gasteiger partial charge in [0.25, 0.3) is 5.91 Å². The number of carbonyl (C=O) groups excluding carboxylic acids is 2. The first-order valence-electron chi connectivity index (χ1n) is 7.27. The van der Waals surface area contributed by atoms with Crippen LogP contribution in [0.15, 0.2) is 28.7 Å². The fourth-order valence-electron chi connectivity index (χ4n) is 4.15. The molecule has 3 fully saturated rings. The normalized spacial score (nSPS) is 36.0. The molecular weight excluding hydrogens is 332 g/mol. The first kappa shape index (κ1) is 13.3. The molecule has 4 rings (SSSR count). The van der Waals surface area contributed by atoms with Crippen LogP contribution in [0.5, 0.6) is 0 Å². The lowest BCUT2D eigenvalue weighted by Crippen LogP contribution is -2.59. The summed E-state index contributed by atoms with van der Waals surface area (Å²) < 4.78 is 0.961. The van der Waals surface area contributed by atoms with Crippen LogP contribution in [0.2, 0.25) is 0 Å². The van der Waals surface area contributed by atoms with Crippen molar-refractivity contribution in [2.75, 3.05) is 6.54 Å². The molecule has 1 N–H and O–H groups in total. The number of carbonyl (C=O) groups is 2. The summed E-state index contributed by atoms with van der Waals surface area (Å²) in [7, 11) is 0. The number of piperazine rings is 1. The predicted octanol–water partition coefficient (Wildman–Crippen LogP) is 2.10. The first-order valence-corrected chi connectivity index (χ1v) is 8.07. The van der Waals surface area contributed by atoms with Gasteiger partial charge in [0, 0.05) is 11.0 Å². The minimum atomic E-state index is -0.539. The van der Waals surface area contributed by atoms with E-state index in [0.29, 0.717) is 11.8 Å². The van der Waals surface area contributed by atoms with E-state index in [2.05, 4.69) is 35.1 Å². The third kappa shape index (κ3) is 1.73. The van der Waals surface area contributed by atoms with Crippen molar-refractivity contribution < 1.29 is 9.59 Å². The first-order chi connectivity index (χ1) is 9.91. The highest BCUT2D eigenvalue weighted by molar-refractivity contribution is 9.10. The summed E-state index contributed by atoms with van der Waals surface area (Å²) in [6.07, 6.45) is 0. The van der Waals surface area contributed by atoms with Gasteiger partial charge in [-0.2, -0.15) is 0 Å². The van der Waals surface area contributed by atoms with Crippen molar-refractivity contribution in [1.82, 2.24) is 10.2 Å². The summed E-state index contributed by atoms with van der Waals surface area (Å²) in [5.41, 5.74) is 1.04. The molecule has 5 heteroatoms. The molecule has 4 nitrogen and oxygen atoms in total. The molecule has 1 aliphatic carbocycles. The van der Waals surface area contributed by atoms with Crippen LogP contribution in [0.25, 0.3) is 0 Å². The van der Waals surface area contributed by atoms with Crippen molar-refractivity contribution in [3.8, 4) is 0 Å². The average molecular weight is 349 g/mol. The Bertz CT molecular complexity index is 640. The number of halogens is 1. The van der Waals surface area contributed by atoms with Crippen LogP contribution < -0.4 is 5.32 Å². The molecule has 3 aliphatic rings. The van der Waals surface area contributed by atoms with E-state index < -0.39 is 6.04 Å². The van der Waals surface area contributed by atoms with E-state index in [1.807, 2.05) is 24.3 Å². The van der Waals surface area contributed by atoms with Crippen molar-refractivity contribution in [2.45, 2.75) is 25.9 Å². The molecule has 0 unspecified atom stereocenters. The number of nitrogens with zero attached hydrogens (tertiary/aromatic N) is 1. The smallest absolute Gasteiger partial charge is 0.250 e. The van der Waals surface area contributed by atoms with Crippen molar-refractivity contribution in [1.29, 1.82) is 0 Å². The van der Waals surface area contributed by atoms with Crippen LogP contribution in [-0.4, -0.2) is 29.3 Å². The maximum absolute atomic E-state index is 12.7. The van der Waals surface area contributed by atoms with Crippen LogP contribution in [0.3, 0.4) is 0 Å². The van der Waals surface area contributed by atoms with Gasteiger partial charge >= 0.3 is 0 Å². The second kappa shape index (κ2) is 4.09. The second-order valence-corrected chi connectivity index (χ2v) is 7.80. The number of amides is 2. The standard InChI is InChI=1S/C16H17BrN2O2/c1-16(2)10-7-19-13(11(10)16)14(20)18-12(15(19)21)8-3-5-9(17)6-4-8/h3-6,10-13H,7H2,1-2H3,(H,18,20)/t10-,11-,12+,13+/m0/s1. The molecule has 2 aliphatic heterocycles. The lowest BCUT2D eigenvalue weighted by molar-refractivity contribution is -0.149. The van der Waals surface area contributed by atoms with Gasteiger partial charge in [-0.15, -0.1) is 0 Å². The summed E-state index contributed by atoms with van der Waals surface area (Å²) in [5.74, 6) is 0.832. The molecule has 0 radical (unpaired) electrons. The van der Waals surface area contributed by atoms with Gasteiger partial charge in [0.05, 0.1) is 0 Å². The highest BCUT2D eigenvalue weighted by Gasteiger charge is 2.70. The fourth-order valence-corrected chi connectivity index (χ4v) is 4.41. The van der Waals surface area contributed by atoms with Gasteiger partial charge in [0.1, 0.15) is 12.1 Å². The lowest BCUT2D eigenvalue weighted by atomic mass is 9.95. The Morgan fingerprint density at radius 2 is 1.90 bits per heavy atom. The number of benzene rings is 1. The molecule has 1 aromatic carbocycles. The number of hydrogen-bond acceptors (Lipinski definition) is 2. The van der Waals surface area contributed by atoms with Gasteiger partial charge in [0.2, 0.25) is 5.91 Å². The predicted molar refractivity (Wildman–Crippen MR) is 81.3 cm³/mol. The molecule has 2 saturated heterocycles. The zero-order chi connectivity index (χ0) is 14.9. The van der Waals surface area contributed by atoms with Crippen LogP contribution in [0.4, 0.5) is 0 Å². The van der Waals surface area contributed by atoms with Crippen molar-refractivity contribution in [2.24, 2.45) is 17.3 Å². The minimum Gasteiger partial charge on any atom is -0.339 e. The summed E-state index contributed by atoms with van der Waals surface area (Å²) >= 11 is 3.38. The Morgan fingerprint density at radius 3 is 2.57 bits per heavy atom. The van der Waals surface area contributed by atoms with Gasteiger partial charge in [0.15, 0.2) is 0 Å². The molecule has 2 heterocycles. The van der Waals surface area contributed by atoms with Crippen LogP contribution in [0.1, 0.15) is 25.5 Å². The highest BCUT2D eigenvalue weighted by atomic mass is 79.9. The molecule has 4 atom stereocenters. The van der Waals surface area contributed by atoms with Gasteiger partial charge in [-0.25, -0.2) is 0 Å². The maximum atomic E-state index is 12.7. The average Bonchev–Trinajstić information content (AvgIpc) is 2.83. The van der Waals surface area contributed by atoms with Crippen molar-refractivity contribution >= 4 is 27.7 Å². The third-order valence-electron chi connectivity index (χ3n) is 5.50. The zero-order valence-electron chi connectivity index (χ0n) is 12.0. The number of piperidine rings is 1. The summed E-state index contributed by atoms with van der Waals surface area (Å²) in [6.45, 7) is 5.11. The van der Waals surface area contributed by atoms with E-state index in [4.69, 9.17) is 0 Å². The minimum absolute atomic E-state index is 0.000550. The van der Waals surface area contributed by atoms with E-state index >= 15 is 0 Å². The van der Waals surface area contributed by atoms with E-state index in [9.17, 15) is 9.59 Å². The van der Waals surface area contributed by atoms with Crippen LogP contribution >= 0.6 is 15.9 Å². The second-order valence-electron chi connectivity index (χ2n) is 6.88. The Morgan fingerprint density at radius 1 is 1.24 bits per heavy atom. The van der Waals surface area contributed by atoms with E-state index in [1.165, 1.54) is 0 Å². The molecule has 110 valence electrons. The fraction of sp³-hybridized carbons (Fsp3) is 0.500. The maximum Gasteiger partial charge on any atom is 0.250 e. The summed E-state index contributed by atoms with van der Waals surface area (Å²) in [5, 5.41) is 2.92. The quantitative estimate of drug-likeness (QED) is 0.844. The number of rotatable bonds is 1. The molecule has 0 aromatic heterocycles. The Hall–Kier alpha value is -1.36. The van der Waals surface area contributed by atoms with Crippen molar-refractivity contribution in [3.05, 3.63) is 34.3 Å². The molecular formula is C16H17BrN2O2. The summed E-state index contributed by atoms with van der Waals surface area (Å²) in [4.78, 5) is 27.0. The molecule has 21 heavy (non-hydrogen) atoms. The van der Waals surface area contributed by atoms with Crippen molar-refractivity contribution in [3.63, 3.8) is 0 Å².